The first kappa shape index (κ1) is 19.8. The van der Waals surface area contributed by atoms with Crippen LogP contribution in [0.3, 0.4) is 0 Å². The van der Waals surface area contributed by atoms with Gasteiger partial charge in [0.1, 0.15) is 12.6 Å². The molecular formula is C21H21N5O4S. The normalized spacial score (nSPS) is 18.2. The largest absolute Gasteiger partial charge is 0.368 e. The Bertz CT molecular complexity index is 1210. The van der Waals surface area contributed by atoms with Crippen LogP contribution in [0.25, 0.3) is 10.9 Å². The lowest BCUT2D eigenvalue weighted by molar-refractivity contribution is -0.132. The van der Waals surface area contributed by atoms with Crippen LogP contribution in [-0.2, 0) is 33.8 Å². The van der Waals surface area contributed by atoms with Gasteiger partial charge in [-0.05, 0) is 25.0 Å². The first-order chi connectivity index (χ1) is 15.1. The number of hydrogen-bond acceptors (Lipinski definition) is 7. The van der Waals surface area contributed by atoms with E-state index in [1.807, 2.05) is 6.07 Å². The first-order valence-corrected chi connectivity index (χ1v) is 11.0. The molecule has 1 unspecified atom stereocenters. The Labute approximate surface area is 181 Å². The smallest absolute Gasteiger partial charge is 0.261 e. The number of carbonyl (C=O) groups is 2. The Morgan fingerprint density at radius 3 is 3.00 bits per heavy atom. The van der Waals surface area contributed by atoms with Gasteiger partial charge >= 0.3 is 0 Å². The molecule has 0 saturated carbocycles. The number of para-hydroxylation sites is 1. The number of carbonyl (C=O) groups excluding carboxylic acids is 2. The Balaban J connectivity index is 1.27. The highest BCUT2D eigenvalue weighted by Gasteiger charge is 2.27. The summed E-state index contributed by atoms with van der Waals surface area (Å²) in [5, 5.41) is 3.87. The summed E-state index contributed by atoms with van der Waals surface area (Å²) in [4.78, 5) is 49.2. The second-order valence-corrected chi connectivity index (χ2v) is 8.72. The van der Waals surface area contributed by atoms with E-state index in [-0.39, 0.29) is 23.9 Å². The molecule has 1 atom stereocenters. The summed E-state index contributed by atoms with van der Waals surface area (Å²) in [6.45, 7) is 1.48. The Morgan fingerprint density at radius 1 is 1.29 bits per heavy atom. The van der Waals surface area contributed by atoms with E-state index >= 15 is 0 Å². The van der Waals surface area contributed by atoms with Crippen LogP contribution in [0.4, 0.5) is 5.13 Å². The van der Waals surface area contributed by atoms with Gasteiger partial charge < -0.3 is 9.64 Å². The number of fused-ring (bicyclic) bond motifs is 2. The highest BCUT2D eigenvalue weighted by Crippen LogP contribution is 2.29. The number of benzene rings is 1. The van der Waals surface area contributed by atoms with E-state index in [9.17, 15) is 14.4 Å². The molecule has 10 heteroatoms. The SMILES string of the molecule is O=C(Nc1nc2c(s1)CN(C(=O)Cn1cnc3ccccc3c1=O)CC2)C1CCCO1. The maximum Gasteiger partial charge on any atom is 0.261 e. The maximum absolute atomic E-state index is 12.9. The summed E-state index contributed by atoms with van der Waals surface area (Å²) in [6, 6.07) is 7.08. The molecule has 31 heavy (non-hydrogen) atoms. The zero-order valence-corrected chi connectivity index (χ0v) is 17.6. The maximum atomic E-state index is 12.9. The monoisotopic (exact) mass is 439 g/mol. The summed E-state index contributed by atoms with van der Waals surface area (Å²) >= 11 is 1.38. The van der Waals surface area contributed by atoms with E-state index in [0.717, 1.165) is 23.4 Å². The number of ether oxygens (including phenoxy) is 1. The molecule has 2 aliphatic heterocycles. The number of aromatic nitrogens is 3. The fourth-order valence-electron chi connectivity index (χ4n) is 3.90. The van der Waals surface area contributed by atoms with Crippen molar-refractivity contribution < 1.29 is 14.3 Å². The lowest BCUT2D eigenvalue weighted by Crippen LogP contribution is -2.39. The summed E-state index contributed by atoms with van der Waals surface area (Å²) in [5.74, 6) is -0.317. The second-order valence-electron chi connectivity index (χ2n) is 7.64. The minimum atomic E-state index is -0.409. The zero-order valence-electron chi connectivity index (χ0n) is 16.7. The average Bonchev–Trinajstić information content (AvgIpc) is 3.45. The van der Waals surface area contributed by atoms with Gasteiger partial charge in [0.25, 0.3) is 11.5 Å². The van der Waals surface area contributed by atoms with Gasteiger partial charge in [0.15, 0.2) is 5.13 Å². The number of rotatable bonds is 4. The number of amides is 2. The first-order valence-electron chi connectivity index (χ1n) is 10.2. The van der Waals surface area contributed by atoms with E-state index in [4.69, 9.17) is 4.74 Å². The van der Waals surface area contributed by atoms with Crippen LogP contribution in [0.5, 0.6) is 0 Å². The fourth-order valence-corrected chi connectivity index (χ4v) is 4.92. The van der Waals surface area contributed by atoms with Crippen LogP contribution in [0.2, 0.25) is 0 Å². The Morgan fingerprint density at radius 2 is 2.16 bits per heavy atom. The van der Waals surface area contributed by atoms with Crippen LogP contribution in [0.1, 0.15) is 23.4 Å². The van der Waals surface area contributed by atoms with Crippen molar-refractivity contribution in [3.05, 3.63) is 51.5 Å². The molecule has 9 nitrogen and oxygen atoms in total. The average molecular weight is 439 g/mol. The van der Waals surface area contributed by atoms with Crippen molar-refractivity contribution in [3.63, 3.8) is 0 Å². The van der Waals surface area contributed by atoms with Gasteiger partial charge in [-0.25, -0.2) is 9.97 Å². The van der Waals surface area contributed by atoms with Crippen LogP contribution >= 0.6 is 11.3 Å². The summed E-state index contributed by atoms with van der Waals surface area (Å²) in [6.07, 6.45) is 3.23. The molecule has 0 bridgehead atoms. The van der Waals surface area contributed by atoms with Crippen molar-refractivity contribution in [2.24, 2.45) is 0 Å². The van der Waals surface area contributed by atoms with E-state index in [1.165, 1.54) is 22.2 Å². The van der Waals surface area contributed by atoms with Gasteiger partial charge in [-0.15, -0.1) is 0 Å². The van der Waals surface area contributed by atoms with Crippen molar-refractivity contribution in [1.82, 2.24) is 19.4 Å². The molecule has 1 N–H and O–H groups in total. The number of nitrogens with one attached hydrogen (secondary N) is 1. The molecule has 2 aromatic heterocycles. The van der Waals surface area contributed by atoms with Gasteiger partial charge in [-0.2, -0.15) is 0 Å². The lowest BCUT2D eigenvalue weighted by Gasteiger charge is -2.26. The molecule has 2 aliphatic rings. The molecule has 3 aromatic rings. The van der Waals surface area contributed by atoms with E-state index in [2.05, 4.69) is 15.3 Å². The topological polar surface area (TPSA) is 106 Å². The predicted octanol–water partition coefficient (Wildman–Crippen LogP) is 1.56. The van der Waals surface area contributed by atoms with Gasteiger partial charge in [-0.1, -0.05) is 23.5 Å². The van der Waals surface area contributed by atoms with Crippen LogP contribution in [-0.4, -0.2) is 50.5 Å². The minimum Gasteiger partial charge on any atom is -0.368 e. The molecule has 1 aromatic carbocycles. The number of anilines is 1. The lowest BCUT2D eigenvalue weighted by atomic mass is 10.2. The molecule has 2 amide bonds. The molecule has 1 saturated heterocycles. The van der Waals surface area contributed by atoms with Crippen molar-refractivity contribution in [2.75, 3.05) is 18.5 Å². The van der Waals surface area contributed by atoms with Crippen molar-refractivity contribution >= 4 is 39.2 Å². The van der Waals surface area contributed by atoms with Crippen molar-refractivity contribution in [1.29, 1.82) is 0 Å². The van der Waals surface area contributed by atoms with Gasteiger partial charge in [0.05, 0.1) is 29.5 Å². The molecule has 1 fully saturated rings. The molecule has 4 heterocycles. The van der Waals surface area contributed by atoms with Crippen LogP contribution in [0, 0.1) is 0 Å². The fraction of sp³-hybridized carbons (Fsp3) is 0.381. The molecule has 0 spiro atoms. The molecular weight excluding hydrogens is 418 g/mol. The third-order valence-corrected chi connectivity index (χ3v) is 6.57. The zero-order chi connectivity index (χ0) is 21.4. The van der Waals surface area contributed by atoms with E-state index in [0.29, 0.717) is 42.2 Å². The molecule has 160 valence electrons. The number of nitrogens with zero attached hydrogens (tertiary/aromatic N) is 4. The highest BCUT2D eigenvalue weighted by atomic mass is 32.1. The van der Waals surface area contributed by atoms with Gasteiger partial charge in [0, 0.05) is 24.4 Å². The summed E-state index contributed by atoms with van der Waals surface area (Å²) in [7, 11) is 0. The quantitative estimate of drug-likeness (QED) is 0.661. The molecule has 5 rings (SSSR count). The molecule has 0 radical (unpaired) electrons. The summed E-state index contributed by atoms with van der Waals surface area (Å²) in [5.41, 5.74) is 1.29. The summed E-state index contributed by atoms with van der Waals surface area (Å²) < 4.78 is 6.76. The van der Waals surface area contributed by atoms with Crippen molar-refractivity contribution in [2.45, 2.75) is 38.5 Å². The van der Waals surface area contributed by atoms with E-state index in [1.54, 1.807) is 23.1 Å². The second kappa shape index (κ2) is 8.20. The Kier molecular flexibility index (Phi) is 5.24. The van der Waals surface area contributed by atoms with E-state index < -0.39 is 6.10 Å². The Hall–Kier alpha value is -3.11. The van der Waals surface area contributed by atoms with Crippen molar-refractivity contribution in [3.8, 4) is 0 Å². The third-order valence-electron chi connectivity index (χ3n) is 5.57. The van der Waals surface area contributed by atoms with Crippen LogP contribution in [0.15, 0.2) is 35.4 Å². The third kappa shape index (κ3) is 3.96. The standard InChI is InChI=1S/C21H21N5O4S/c27-18(11-26-12-22-14-5-2-1-4-13(14)20(26)29)25-8-7-15-17(10-25)31-21(23-15)24-19(28)16-6-3-9-30-16/h1-2,4-5,12,16H,3,6-11H2,(H,23,24,28). The predicted molar refractivity (Wildman–Crippen MR) is 115 cm³/mol. The van der Waals surface area contributed by atoms with Gasteiger partial charge in [-0.3, -0.25) is 24.3 Å². The van der Waals surface area contributed by atoms with Crippen LogP contribution < -0.4 is 10.9 Å². The van der Waals surface area contributed by atoms with Gasteiger partial charge in [0.2, 0.25) is 5.91 Å². The molecule has 0 aliphatic carbocycles. The highest BCUT2D eigenvalue weighted by molar-refractivity contribution is 7.15. The minimum absolute atomic E-state index is 0.0621. The number of hydrogen-bond donors (Lipinski definition) is 1. The number of thiazole rings is 1.